The van der Waals surface area contributed by atoms with Crippen LogP contribution in [0, 0.1) is 0 Å². The van der Waals surface area contributed by atoms with Gasteiger partial charge in [-0.05, 0) is 43.0 Å². The van der Waals surface area contributed by atoms with Crippen LogP contribution in [-0.4, -0.2) is 65.2 Å². The Morgan fingerprint density at radius 1 is 1.11 bits per heavy atom. The molecule has 0 saturated carbocycles. The zero-order valence-corrected chi connectivity index (χ0v) is 23.0. The maximum absolute atomic E-state index is 13.7. The van der Waals surface area contributed by atoms with Gasteiger partial charge < -0.3 is 15.5 Å². The van der Waals surface area contributed by atoms with Crippen LogP contribution in [0.2, 0.25) is 0 Å². The van der Waals surface area contributed by atoms with Crippen molar-refractivity contribution in [3.05, 3.63) is 59.6 Å². The Hall–Kier alpha value is -2.37. The van der Waals surface area contributed by atoms with Crippen LogP contribution in [0.15, 0.2) is 58.9 Å². The molecule has 1 aromatic heterocycles. The number of aliphatic hydroxyl groups excluding tert-OH is 2. The van der Waals surface area contributed by atoms with E-state index in [9.17, 15) is 23.4 Å². The summed E-state index contributed by atoms with van der Waals surface area (Å²) in [6, 6.07) is 13.6. The Labute approximate surface area is 223 Å². The summed E-state index contributed by atoms with van der Waals surface area (Å²) in [5, 5.41) is 24.0. The Balaban J connectivity index is 1.85. The number of nitrogens with one attached hydrogen (secondary N) is 1. The minimum atomic E-state index is -3.90. The molecule has 0 radical (unpaired) electrons. The second kappa shape index (κ2) is 14.0. The lowest BCUT2D eigenvalue weighted by atomic mass is 10.0. The fourth-order valence-corrected chi connectivity index (χ4v) is 6.42. The fourth-order valence-electron chi connectivity index (χ4n) is 4.10. The zero-order valence-electron chi connectivity index (χ0n) is 21.4. The third-order valence-electron chi connectivity index (χ3n) is 6.34. The van der Waals surface area contributed by atoms with E-state index >= 15 is 0 Å². The Kier molecular flexibility index (Phi) is 11.0. The highest BCUT2D eigenvalue weighted by Crippen LogP contribution is 2.25. The topological polar surface area (TPSA) is 120 Å². The van der Waals surface area contributed by atoms with Gasteiger partial charge in [0.05, 0.1) is 45.3 Å². The second-order valence-electron chi connectivity index (χ2n) is 9.25. The average Bonchev–Trinajstić information content (AvgIpc) is 3.36. The van der Waals surface area contributed by atoms with Crippen molar-refractivity contribution in [3.8, 4) is 0 Å². The fraction of sp³-hybridized carbons (Fsp3) is 0.481. The lowest BCUT2D eigenvalue weighted by Crippen LogP contribution is -2.51. The standard InChI is InChI=1S/C27H37N3O5S2/c1-3-5-9-14-30(37(34,35)22-12-13-23-26(17-22)36-19-28-23)18-25(32)24(15-20-10-7-6-8-11-20)29-27(33)16-21(31)4-2/h6-8,10-13,17,19,21,24-25,31-32H,3-5,9,14-16,18H2,1-2H3,(H,29,33)/t21-,24-,25+/m0/s1. The van der Waals surface area contributed by atoms with Crippen LogP contribution < -0.4 is 5.32 Å². The summed E-state index contributed by atoms with van der Waals surface area (Å²) >= 11 is 1.37. The van der Waals surface area contributed by atoms with Crippen molar-refractivity contribution >= 4 is 37.5 Å². The number of carbonyl (C=O) groups is 1. The number of sulfonamides is 1. The largest absolute Gasteiger partial charge is 0.393 e. The van der Waals surface area contributed by atoms with Gasteiger partial charge >= 0.3 is 0 Å². The highest BCUT2D eigenvalue weighted by atomic mass is 32.2. The van der Waals surface area contributed by atoms with Crippen molar-refractivity contribution < 1.29 is 23.4 Å². The molecule has 10 heteroatoms. The van der Waals surface area contributed by atoms with Crippen LogP contribution >= 0.6 is 11.3 Å². The number of unbranched alkanes of at least 4 members (excludes halogenated alkanes) is 2. The SMILES string of the molecule is CCCCCN(C[C@@H](O)[C@H](Cc1ccccc1)NC(=O)C[C@@H](O)CC)S(=O)(=O)c1ccc2ncsc2c1. The maximum Gasteiger partial charge on any atom is 0.243 e. The maximum atomic E-state index is 13.7. The highest BCUT2D eigenvalue weighted by molar-refractivity contribution is 7.89. The number of thiazole rings is 1. The number of carbonyl (C=O) groups excluding carboxylic acids is 1. The highest BCUT2D eigenvalue weighted by Gasteiger charge is 2.31. The van der Waals surface area contributed by atoms with Gasteiger partial charge in [-0.15, -0.1) is 11.3 Å². The number of aromatic nitrogens is 1. The number of benzene rings is 2. The van der Waals surface area contributed by atoms with Gasteiger partial charge in [0, 0.05) is 13.1 Å². The molecule has 1 amide bonds. The lowest BCUT2D eigenvalue weighted by Gasteiger charge is -2.30. The van der Waals surface area contributed by atoms with Crippen LogP contribution in [-0.2, 0) is 21.2 Å². The molecule has 2 aromatic carbocycles. The van der Waals surface area contributed by atoms with E-state index in [0.717, 1.165) is 28.6 Å². The molecule has 202 valence electrons. The van der Waals surface area contributed by atoms with E-state index in [2.05, 4.69) is 10.3 Å². The molecule has 0 saturated heterocycles. The van der Waals surface area contributed by atoms with Crippen molar-refractivity contribution in [1.82, 2.24) is 14.6 Å². The summed E-state index contributed by atoms with van der Waals surface area (Å²) in [6.07, 6.45) is 1.18. The van der Waals surface area contributed by atoms with Gasteiger partial charge in [-0.1, -0.05) is 57.0 Å². The summed E-state index contributed by atoms with van der Waals surface area (Å²) in [5.41, 5.74) is 3.32. The number of aliphatic hydroxyl groups is 2. The molecule has 8 nitrogen and oxygen atoms in total. The first-order valence-electron chi connectivity index (χ1n) is 12.8. The first kappa shape index (κ1) is 29.2. The minimum Gasteiger partial charge on any atom is -0.393 e. The van der Waals surface area contributed by atoms with E-state index in [1.807, 2.05) is 37.3 Å². The van der Waals surface area contributed by atoms with E-state index in [-0.39, 0.29) is 30.3 Å². The Morgan fingerprint density at radius 2 is 1.86 bits per heavy atom. The zero-order chi connectivity index (χ0) is 26.8. The number of hydrogen-bond acceptors (Lipinski definition) is 7. The lowest BCUT2D eigenvalue weighted by molar-refractivity contribution is -0.124. The molecule has 3 atom stereocenters. The van der Waals surface area contributed by atoms with Crippen LogP contribution in [0.1, 0.15) is 51.5 Å². The van der Waals surface area contributed by atoms with Gasteiger partial charge in [-0.3, -0.25) is 4.79 Å². The number of nitrogens with zero attached hydrogens (tertiary/aromatic N) is 2. The van der Waals surface area contributed by atoms with Gasteiger partial charge in [0.15, 0.2) is 0 Å². The van der Waals surface area contributed by atoms with Gasteiger partial charge in [0.2, 0.25) is 15.9 Å². The third-order valence-corrected chi connectivity index (χ3v) is 9.00. The van der Waals surface area contributed by atoms with Crippen LogP contribution in [0.5, 0.6) is 0 Å². The van der Waals surface area contributed by atoms with Crippen LogP contribution in [0.4, 0.5) is 0 Å². The number of hydrogen-bond donors (Lipinski definition) is 3. The molecule has 0 fully saturated rings. The second-order valence-corrected chi connectivity index (χ2v) is 12.1. The molecule has 0 aliphatic heterocycles. The van der Waals surface area contributed by atoms with E-state index in [1.54, 1.807) is 30.6 Å². The normalized spacial score (nSPS) is 14.5. The molecular formula is C27H37N3O5S2. The first-order valence-corrected chi connectivity index (χ1v) is 15.1. The van der Waals surface area contributed by atoms with Crippen molar-refractivity contribution in [2.75, 3.05) is 13.1 Å². The molecule has 0 bridgehead atoms. The summed E-state index contributed by atoms with van der Waals surface area (Å²) < 4.78 is 29.5. The molecule has 3 aromatic rings. The molecule has 3 N–H and O–H groups in total. The number of amides is 1. The molecule has 0 aliphatic rings. The molecular weight excluding hydrogens is 510 g/mol. The summed E-state index contributed by atoms with van der Waals surface area (Å²) in [7, 11) is -3.90. The smallest absolute Gasteiger partial charge is 0.243 e. The number of rotatable bonds is 15. The van der Waals surface area contributed by atoms with Gasteiger partial charge in [0.1, 0.15) is 0 Å². The van der Waals surface area contributed by atoms with Crippen molar-refractivity contribution in [2.45, 2.75) is 75.5 Å². The molecule has 0 unspecified atom stereocenters. The molecule has 37 heavy (non-hydrogen) atoms. The van der Waals surface area contributed by atoms with Crippen molar-refractivity contribution in [3.63, 3.8) is 0 Å². The van der Waals surface area contributed by atoms with Crippen molar-refractivity contribution in [1.29, 1.82) is 0 Å². The van der Waals surface area contributed by atoms with Crippen molar-refractivity contribution in [2.24, 2.45) is 0 Å². The van der Waals surface area contributed by atoms with E-state index in [0.29, 0.717) is 19.3 Å². The van der Waals surface area contributed by atoms with Gasteiger partial charge in [-0.2, -0.15) is 4.31 Å². The minimum absolute atomic E-state index is 0.0815. The van der Waals surface area contributed by atoms with E-state index in [4.69, 9.17) is 0 Å². The first-order chi connectivity index (χ1) is 17.7. The summed E-state index contributed by atoms with van der Waals surface area (Å²) in [6.45, 7) is 3.92. The average molecular weight is 548 g/mol. The predicted octanol–water partition coefficient (Wildman–Crippen LogP) is 3.73. The van der Waals surface area contributed by atoms with E-state index < -0.39 is 28.3 Å². The molecule has 0 aliphatic carbocycles. The summed E-state index contributed by atoms with van der Waals surface area (Å²) in [4.78, 5) is 17.0. The number of fused-ring (bicyclic) bond motifs is 1. The predicted molar refractivity (Wildman–Crippen MR) is 147 cm³/mol. The Morgan fingerprint density at radius 3 is 2.57 bits per heavy atom. The van der Waals surface area contributed by atoms with Crippen LogP contribution in [0.3, 0.4) is 0 Å². The monoisotopic (exact) mass is 547 g/mol. The quantitative estimate of drug-likeness (QED) is 0.250. The third kappa shape index (κ3) is 8.31. The molecule has 1 heterocycles. The van der Waals surface area contributed by atoms with E-state index in [1.165, 1.54) is 15.6 Å². The van der Waals surface area contributed by atoms with Gasteiger partial charge in [-0.25, -0.2) is 13.4 Å². The molecule has 3 rings (SSSR count). The summed E-state index contributed by atoms with van der Waals surface area (Å²) in [5.74, 6) is -0.384. The van der Waals surface area contributed by atoms with Gasteiger partial charge in [0.25, 0.3) is 0 Å². The van der Waals surface area contributed by atoms with Crippen LogP contribution in [0.25, 0.3) is 10.2 Å². The Bertz CT molecular complexity index is 1230. The molecule has 0 spiro atoms.